The summed E-state index contributed by atoms with van der Waals surface area (Å²) in [5, 5.41) is 11.2. The van der Waals surface area contributed by atoms with Crippen LogP contribution in [0, 0.1) is 17.5 Å². The van der Waals surface area contributed by atoms with Crippen molar-refractivity contribution >= 4 is 11.4 Å². The molecule has 0 aliphatic carbocycles. The van der Waals surface area contributed by atoms with Crippen molar-refractivity contribution in [1.82, 2.24) is 4.90 Å². The van der Waals surface area contributed by atoms with Crippen LogP contribution >= 0.6 is 0 Å². The molecule has 2 heterocycles. The Hall–Kier alpha value is -3.03. The van der Waals surface area contributed by atoms with Crippen LogP contribution in [0.1, 0.15) is 25.3 Å². The van der Waals surface area contributed by atoms with Crippen LogP contribution in [0.3, 0.4) is 0 Å². The van der Waals surface area contributed by atoms with Crippen LogP contribution in [0.4, 0.5) is 24.5 Å². The van der Waals surface area contributed by atoms with Crippen molar-refractivity contribution in [2.75, 3.05) is 24.5 Å². The van der Waals surface area contributed by atoms with Gasteiger partial charge in [-0.1, -0.05) is 12.1 Å². The second kappa shape index (κ2) is 8.08. The molecule has 1 N–H and O–H groups in total. The van der Waals surface area contributed by atoms with Gasteiger partial charge in [-0.2, -0.15) is 0 Å². The van der Waals surface area contributed by atoms with Gasteiger partial charge in [-0.05, 0) is 73.9 Å². The summed E-state index contributed by atoms with van der Waals surface area (Å²) in [4.78, 5) is 4.13. The van der Waals surface area contributed by atoms with E-state index in [-0.39, 0.29) is 11.6 Å². The molecule has 0 amide bonds. The van der Waals surface area contributed by atoms with Crippen LogP contribution in [-0.4, -0.2) is 35.4 Å². The summed E-state index contributed by atoms with van der Waals surface area (Å²) in [5.41, 5.74) is 0.326. The first-order valence-electron chi connectivity index (χ1n) is 11.0. The number of ether oxygens (including phenoxy) is 1. The van der Waals surface area contributed by atoms with Gasteiger partial charge in [0.2, 0.25) is 0 Å². The molecule has 1 saturated heterocycles. The van der Waals surface area contributed by atoms with E-state index in [1.54, 1.807) is 30.3 Å². The maximum absolute atomic E-state index is 14.1. The molecule has 0 radical (unpaired) electrons. The van der Waals surface area contributed by atoms with Crippen LogP contribution in [0.15, 0.2) is 66.7 Å². The predicted octanol–water partition coefficient (Wildman–Crippen LogP) is 5.33. The van der Waals surface area contributed by atoms with Gasteiger partial charge in [0.1, 0.15) is 23.2 Å². The molecule has 2 aliphatic heterocycles. The maximum Gasteiger partial charge on any atom is 0.178 e. The predicted molar refractivity (Wildman–Crippen MR) is 120 cm³/mol. The van der Waals surface area contributed by atoms with E-state index in [1.165, 1.54) is 36.4 Å². The fraction of sp³-hybridized carbons (Fsp3) is 0.308. The van der Waals surface area contributed by atoms with Gasteiger partial charge < -0.3 is 14.7 Å². The minimum atomic E-state index is -1.05. The van der Waals surface area contributed by atoms with E-state index >= 15 is 0 Å². The molecule has 0 bridgehead atoms. The third-order valence-electron chi connectivity index (χ3n) is 6.77. The van der Waals surface area contributed by atoms with Crippen molar-refractivity contribution in [3.63, 3.8) is 0 Å². The lowest BCUT2D eigenvalue weighted by molar-refractivity contribution is -0.117. The van der Waals surface area contributed by atoms with E-state index in [4.69, 9.17) is 4.74 Å². The lowest BCUT2D eigenvalue weighted by Crippen LogP contribution is -2.62. The van der Waals surface area contributed by atoms with Crippen LogP contribution in [0.2, 0.25) is 0 Å². The number of hydrogen-bond donors (Lipinski definition) is 1. The normalized spacial score (nSPS) is 22.5. The Balaban J connectivity index is 1.42. The highest BCUT2D eigenvalue weighted by atomic mass is 19.1. The van der Waals surface area contributed by atoms with Crippen LogP contribution in [-0.2, 0) is 5.60 Å². The number of anilines is 2. The lowest BCUT2D eigenvalue weighted by Gasteiger charge is -2.51. The van der Waals surface area contributed by atoms with Gasteiger partial charge in [-0.3, -0.25) is 4.90 Å². The van der Waals surface area contributed by atoms with E-state index in [0.717, 1.165) is 5.69 Å². The highest BCUT2D eigenvalue weighted by Crippen LogP contribution is 2.44. The molecular formula is C26H25F3N2O2. The molecule has 0 spiro atoms. The number of piperidine rings is 1. The Morgan fingerprint density at radius 1 is 0.818 bits per heavy atom. The molecule has 1 atom stereocenters. The summed E-state index contributed by atoms with van der Waals surface area (Å²) in [5.74, 6) is -0.659. The second-order valence-electron chi connectivity index (χ2n) is 8.98. The summed E-state index contributed by atoms with van der Waals surface area (Å²) >= 11 is 0. The number of halogens is 3. The van der Waals surface area contributed by atoms with Gasteiger partial charge in [0, 0.05) is 24.8 Å². The lowest BCUT2D eigenvalue weighted by atomic mass is 9.83. The zero-order chi connectivity index (χ0) is 23.2. The number of hydrogen-bond acceptors (Lipinski definition) is 4. The Kier molecular flexibility index (Phi) is 5.34. The minimum Gasteiger partial charge on any atom is -0.469 e. The Morgan fingerprint density at radius 2 is 1.39 bits per heavy atom. The number of rotatable bonds is 3. The highest BCUT2D eigenvalue weighted by molar-refractivity contribution is 5.71. The van der Waals surface area contributed by atoms with Crippen molar-refractivity contribution < 1.29 is 23.0 Å². The minimum absolute atomic E-state index is 0.329. The molecule has 1 fully saturated rings. The number of likely N-dealkylation sites (tertiary alicyclic amines) is 1. The van der Waals surface area contributed by atoms with Crippen LogP contribution < -0.4 is 9.64 Å². The molecule has 5 rings (SSSR count). The SMILES string of the molecule is CC1(N2CCC(O)(c3ccc(F)cc3)CC2)CN(c2ccc(F)cc2)c2ccc(F)cc2O1. The third-order valence-corrected chi connectivity index (χ3v) is 6.77. The number of nitrogens with zero attached hydrogens (tertiary/aromatic N) is 2. The van der Waals surface area contributed by atoms with Gasteiger partial charge in [-0.15, -0.1) is 0 Å². The van der Waals surface area contributed by atoms with Crippen molar-refractivity contribution in [2.45, 2.75) is 31.1 Å². The van der Waals surface area contributed by atoms with Gasteiger partial charge in [0.15, 0.2) is 5.72 Å². The zero-order valence-electron chi connectivity index (χ0n) is 18.3. The van der Waals surface area contributed by atoms with Gasteiger partial charge >= 0.3 is 0 Å². The van der Waals surface area contributed by atoms with Crippen molar-refractivity contribution in [1.29, 1.82) is 0 Å². The fourth-order valence-corrected chi connectivity index (χ4v) is 4.85. The number of aliphatic hydroxyl groups is 1. The molecule has 3 aromatic rings. The largest absolute Gasteiger partial charge is 0.469 e. The molecule has 7 heteroatoms. The number of fused-ring (bicyclic) bond motifs is 1. The third kappa shape index (κ3) is 4.07. The smallest absolute Gasteiger partial charge is 0.178 e. The van der Waals surface area contributed by atoms with Crippen LogP contribution in [0.25, 0.3) is 0 Å². The van der Waals surface area contributed by atoms with Crippen molar-refractivity contribution in [2.24, 2.45) is 0 Å². The van der Waals surface area contributed by atoms with Crippen LogP contribution in [0.5, 0.6) is 5.75 Å². The number of benzene rings is 3. The standard InChI is InChI=1S/C26H25F3N2O2/c1-25(30-14-12-26(32,13-15-30)18-2-4-19(27)5-3-18)17-31(22-9-6-20(28)7-10-22)23-11-8-21(29)16-24(23)33-25/h2-11,16,32H,12-15,17H2,1H3. The molecule has 3 aromatic carbocycles. The van der Waals surface area contributed by atoms with E-state index in [1.807, 2.05) is 11.8 Å². The molecule has 2 aliphatic rings. The molecule has 172 valence electrons. The van der Waals surface area contributed by atoms with Gasteiger partial charge in [-0.25, -0.2) is 13.2 Å². The van der Waals surface area contributed by atoms with E-state index in [0.29, 0.717) is 49.5 Å². The van der Waals surface area contributed by atoms with E-state index in [2.05, 4.69) is 4.90 Å². The summed E-state index contributed by atoms with van der Waals surface area (Å²) in [7, 11) is 0. The van der Waals surface area contributed by atoms with Gasteiger partial charge in [0.25, 0.3) is 0 Å². The summed E-state index contributed by atoms with van der Waals surface area (Å²) in [6.45, 7) is 3.45. The monoisotopic (exact) mass is 454 g/mol. The molecular weight excluding hydrogens is 429 g/mol. The van der Waals surface area contributed by atoms with Crippen molar-refractivity contribution in [3.05, 3.63) is 89.7 Å². The summed E-state index contributed by atoms with van der Waals surface area (Å²) in [6, 6.07) is 16.6. The Morgan fingerprint density at radius 3 is 2.03 bits per heavy atom. The van der Waals surface area contributed by atoms with E-state index < -0.39 is 17.1 Å². The Bertz CT molecular complexity index is 1150. The molecule has 33 heavy (non-hydrogen) atoms. The topological polar surface area (TPSA) is 35.9 Å². The zero-order valence-corrected chi connectivity index (χ0v) is 18.3. The first-order valence-corrected chi connectivity index (χ1v) is 11.0. The molecule has 0 saturated carbocycles. The average molecular weight is 454 g/mol. The summed E-state index contributed by atoms with van der Waals surface area (Å²) < 4.78 is 47.3. The second-order valence-corrected chi connectivity index (χ2v) is 8.98. The van der Waals surface area contributed by atoms with E-state index in [9.17, 15) is 18.3 Å². The average Bonchev–Trinajstić information content (AvgIpc) is 2.79. The molecule has 0 aromatic heterocycles. The summed E-state index contributed by atoms with van der Waals surface area (Å²) in [6.07, 6.45) is 0.897. The quantitative estimate of drug-likeness (QED) is 0.580. The first-order chi connectivity index (χ1) is 15.8. The van der Waals surface area contributed by atoms with Crippen molar-refractivity contribution in [3.8, 4) is 5.75 Å². The maximum atomic E-state index is 14.1. The first kappa shape index (κ1) is 21.8. The fourth-order valence-electron chi connectivity index (χ4n) is 4.85. The Labute approximate surface area is 190 Å². The highest BCUT2D eigenvalue weighted by Gasteiger charge is 2.45. The molecule has 1 unspecified atom stereocenters. The van der Waals surface area contributed by atoms with Gasteiger partial charge in [0.05, 0.1) is 17.8 Å². The molecule has 4 nitrogen and oxygen atoms in total.